The van der Waals surface area contributed by atoms with E-state index in [0.29, 0.717) is 22.0 Å². The molecule has 2 heterocycles. The summed E-state index contributed by atoms with van der Waals surface area (Å²) in [7, 11) is 1.40. The summed E-state index contributed by atoms with van der Waals surface area (Å²) in [6, 6.07) is 3.09. The third-order valence-corrected chi connectivity index (χ3v) is 12.1. The molecule has 214 valence electrons. The largest absolute Gasteiger partial charge is 0.503 e. The fraction of sp³-hybridized carbons (Fsp3) is 0.571. The highest BCUT2D eigenvalue weighted by Gasteiger charge is 2.76. The first-order valence-electron chi connectivity index (χ1n) is 13.4. The quantitative estimate of drug-likeness (QED) is 0.199. The summed E-state index contributed by atoms with van der Waals surface area (Å²) < 4.78 is 5.69. The highest BCUT2D eigenvalue weighted by molar-refractivity contribution is 9.10. The Morgan fingerprint density at radius 2 is 1.75 bits per heavy atom. The summed E-state index contributed by atoms with van der Waals surface area (Å²) in [5, 5.41) is 10.5. The molecule has 2 saturated carbocycles. The number of aromatic hydroxyl groups is 1. The van der Waals surface area contributed by atoms with E-state index >= 15 is 0 Å². The lowest BCUT2D eigenvalue weighted by Gasteiger charge is -2.50. The molecule has 0 spiro atoms. The van der Waals surface area contributed by atoms with Gasteiger partial charge in [0.1, 0.15) is 0 Å². The Morgan fingerprint density at radius 1 is 1.05 bits per heavy atom. The summed E-state index contributed by atoms with van der Waals surface area (Å²) in [5.41, 5.74) is 1.11. The molecule has 40 heavy (non-hydrogen) atoms. The number of allylic oxidation sites excluding steroid dienone is 2. The van der Waals surface area contributed by atoms with Crippen LogP contribution >= 0.6 is 55.1 Å². The van der Waals surface area contributed by atoms with Crippen LogP contribution in [0.1, 0.15) is 56.4 Å². The molecule has 8 nitrogen and oxygen atoms in total. The van der Waals surface area contributed by atoms with Gasteiger partial charge >= 0.3 is 0 Å². The first-order valence-corrected chi connectivity index (χ1v) is 16.1. The maximum absolute atomic E-state index is 14.1. The lowest BCUT2D eigenvalue weighted by atomic mass is 9.56. The molecule has 5 aliphatic rings. The summed E-state index contributed by atoms with van der Waals surface area (Å²) in [6.45, 7) is 0. The van der Waals surface area contributed by atoms with Gasteiger partial charge in [-0.3, -0.25) is 29.0 Å². The molecule has 4 amide bonds. The molecule has 2 aliphatic heterocycles. The van der Waals surface area contributed by atoms with Crippen molar-refractivity contribution < 1.29 is 29.0 Å². The smallest absolute Gasteiger partial charge is 0.254 e. The Hall–Kier alpha value is -1.62. The van der Waals surface area contributed by atoms with Crippen molar-refractivity contribution in [2.24, 2.45) is 17.8 Å². The van der Waals surface area contributed by atoms with Crippen molar-refractivity contribution >= 4 is 78.7 Å². The SMILES string of the molecule is COc1cc([C@H]2C3=CC[C@@H]4C(=O)N(C5CCCCC5)C(=O)[C@@H]4[C@@H]3C[C@@]3(Cl)C(=O)N(CBr)C(=O)[C@@]23Cl)cc(Br)c1O. The van der Waals surface area contributed by atoms with E-state index in [0.717, 1.165) is 37.0 Å². The monoisotopic (exact) mass is 716 g/mol. The highest BCUT2D eigenvalue weighted by Crippen LogP contribution is 2.66. The van der Waals surface area contributed by atoms with Crippen LogP contribution in [-0.2, 0) is 19.2 Å². The number of rotatable bonds is 4. The fourth-order valence-corrected chi connectivity index (χ4v) is 9.65. The predicted molar refractivity (Wildman–Crippen MR) is 154 cm³/mol. The van der Waals surface area contributed by atoms with Crippen LogP contribution in [0.2, 0.25) is 0 Å². The van der Waals surface area contributed by atoms with Crippen molar-refractivity contribution in [1.82, 2.24) is 9.80 Å². The molecular formula is C28H28Br2Cl2N2O6. The van der Waals surface area contributed by atoms with E-state index in [2.05, 4.69) is 31.9 Å². The number of hydrogen-bond acceptors (Lipinski definition) is 6. The number of amides is 4. The molecule has 0 radical (unpaired) electrons. The molecule has 12 heteroatoms. The highest BCUT2D eigenvalue weighted by atomic mass is 79.9. The zero-order chi connectivity index (χ0) is 28.7. The average Bonchev–Trinajstić information content (AvgIpc) is 3.28. The molecule has 0 aromatic heterocycles. The Bertz CT molecular complexity index is 1370. The lowest BCUT2D eigenvalue weighted by Crippen LogP contribution is -2.60. The van der Waals surface area contributed by atoms with Gasteiger partial charge in [-0.05, 0) is 65.2 Å². The Balaban J connectivity index is 1.52. The molecule has 1 aromatic rings. The van der Waals surface area contributed by atoms with Gasteiger partial charge in [0.05, 0.1) is 28.9 Å². The summed E-state index contributed by atoms with van der Waals surface area (Å²) in [5.74, 6) is -4.40. The van der Waals surface area contributed by atoms with Gasteiger partial charge in [0.2, 0.25) is 11.8 Å². The van der Waals surface area contributed by atoms with Crippen molar-refractivity contribution in [2.75, 3.05) is 12.6 Å². The molecule has 1 N–H and O–H groups in total. The van der Waals surface area contributed by atoms with Gasteiger partial charge in [0.15, 0.2) is 21.2 Å². The molecule has 6 rings (SSSR count). The summed E-state index contributed by atoms with van der Waals surface area (Å²) >= 11 is 21.1. The number of nitrogens with zero attached hydrogens (tertiary/aromatic N) is 2. The number of fused-ring (bicyclic) bond motifs is 4. The number of carbonyl (C=O) groups is 4. The Morgan fingerprint density at radius 3 is 2.40 bits per heavy atom. The van der Waals surface area contributed by atoms with Crippen LogP contribution in [0.4, 0.5) is 0 Å². The van der Waals surface area contributed by atoms with E-state index in [1.54, 1.807) is 12.1 Å². The van der Waals surface area contributed by atoms with E-state index in [9.17, 15) is 24.3 Å². The van der Waals surface area contributed by atoms with Gasteiger partial charge in [-0.25, -0.2) is 0 Å². The zero-order valence-electron chi connectivity index (χ0n) is 21.7. The van der Waals surface area contributed by atoms with Crippen LogP contribution in [0.5, 0.6) is 11.5 Å². The third kappa shape index (κ3) is 3.67. The van der Waals surface area contributed by atoms with E-state index in [-0.39, 0.29) is 41.2 Å². The van der Waals surface area contributed by atoms with Gasteiger partial charge < -0.3 is 9.84 Å². The van der Waals surface area contributed by atoms with E-state index in [4.69, 9.17) is 27.9 Å². The van der Waals surface area contributed by atoms with Crippen LogP contribution in [0, 0.1) is 17.8 Å². The van der Waals surface area contributed by atoms with Gasteiger partial charge in [0.25, 0.3) is 11.8 Å². The van der Waals surface area contributed by atoms with Gasteiger partial charge in [-0.15, -0.1) is 23.2 Å². The second-order valence-electron chi connectivity index (χ2n) is 11.4. The minimum atomic E-state index is -1.91. The number of carbonyl (C=O) groups excluding carboxylic acids is 4. The van der Waals surface area contributed by atoms with Gasteiger partial charge in [-0.2, -0.15) is 0 Å². The van der Waals surface area contributed by atoms with E-state index < -0.39 is 45.2 Å². The molecule has 3 aliphatic carbocycles. The Kier molecular flexibility index (Phi) is 7.12. The second kappa shape index (κ2) is 9.99. The van der Waals surface area contributed by atoms with Gasteiger partial charge in [-0.1, -0.05) is 46.8 Å². The number of phenolic OH excluding ortho intramolecular Hbond substituents is 1. The zero-order valence-corrected chi connectivity index (χ0v) is 26.4. The summed E-state index contributed by atoms with van der Waals surface area (Å²) in [6.07, 6.45) is 6.81. The number of ether oxygens (including phenoxy) is 1. The first kappa shape index (κ1) is 28.5. The van der Waals surface area contributed by atoms with E-state index in [1.165, 1.54) is 12.0 Å². The number of phenols is 1. The van der Waals surface area contributed by atoms with Crippen LogP contribution in [-0.4, -0.2) is 66.9 Å². The second-order valence-corrected chi connectivity index (χ2v) is 14.0. The number of benzene rings is 1. The lowest BCUT2D eigenvalue weighted by molar-refractivity contribution is -0.144. The van der Waals surface area contributed by atoms with Crippen LogP contribution in [0.25, 0.3) is 0 Å². The number of likely N-dealkylation sites (tertiary alicyclic amines) is 2. The van der Waals surface area contributed by atoms with Crippen LogP contribution in [0.15, 0.2) is 28.3 Å². The average molecular weight is 719 g/mol. The molecule has 4 fully saturated rings. The van der Waals surface area contributed by atoms with Crippen molar-refractivity contribution in [3.8, 4) is 11.5 Å². The normalized spacial score (nSPS) is 36.0. The van der Waals surface area contributed by atoms with E-state index in [1.807, 2.05) is 6.08 Å². The van der Waals surface area contributed by atoms with Crippen molar-refractivity contribution in [1.29, 1.82) is 0 Å². The summed E-state index contributed by atoms with van der Waals surface area (Å²) in [4.78, 5) is 54.1. The maximum atomic E-state index is 14.1. The number of hydrogen-bond donors (Lipinski definition) is 1. The molecule has 6 atom stereocenters. The van der Waals surface area contributed by atoms with Crippen molar-refractivity contribution in [2.45, 2.75) is 66.7 Å². The van der Waals surface area contributed by atoms with Crippen molar-refractivity contribution in [3.05, 3.63) is 33.8 Å². The van der Waals surface area contributed by atoms with Crippen LogP contribution in [0.3, 0.4) is 0 Å². The van der Waals surface area contributed by atoms with Gasteiger partial charge in [0, 0.05) is 12.0 Å². The molecule has 2 saturated heterocycles. The molecule has 0 unspecified atom stereocenters. The standard InChI is InChI=1S/C28H28Br2Cl2N2O6/c1-40-19-10-13(9-18(30)22(19)35)21-15-7-8-16-20(24(37)34(23(16)36)14-5-3-2-4-6-14)17(15)11-27(31)25(38)33(12-29)26(39)28(21,27)32/h7,9-10,14,16-17,20-21,35H,2-6,8,11-12H2,1H3/t16-,17+,20-,21-,27+,28-/m0/s1. The third-order valence-electron chi connectivity index (χ3n) is 9.59. The minimum Gasteiger partial charge on any atom is -0.503 e. The minimum absolute atomic E-state index is 0.0520. The predicted octanol–water partition coefficient (Wildman–Crippen LogP) is 5.21. The first-order chi connectivity index (χ1) is 19.0. The Labute approximate surface area is 258 Å². The molecular weight excluding hydrogens is 691 g/mol. The topological polar surface area (TPSA) is 104 Å². The van der Waals surface area contributed by atoms with Crippen molar-refractivity contribution in [3.63, 3.8) is 0 Å². The molecule has 1 aromatic carbocycles. The number of imide groups is 2. The maximum Gasteiger partial charge on any atom is 0.254 e. The fourth-order valence-electron chi connectivity index (χ4n) is 7.77. The number of methoxy groups -OCH3 is 1. The number of halogens is 4. The van der Waals surface area contributed by atoms with Crippen LogP contribution < -0.4 is 4.74 Å². The number of alkyl halides is 3. The molecule has 0 bridgehead atoms.